The number of carbonyl (C=O) groups excluding carboxylic acids is 1. The first-order valence-corrected chi connectivity index (χ1v) is 9.37. The van der Waals surface area contributed by atoms with Gasteiger partial charge >= 0.3 is 0 Å². The second-order valence-electron chi connectivity index (χ2n) is 7.10. The highest BCUT2D eigenvalue weighted by molar-refractivity contribution is 5.90. The molecular formula is C21H22FN5O2. The van der Waals surface area contributed by atoms with Crippen LogP contribution < -0.4 is 10.6 Å². The van der Waals surface area contributed by atoms with Crippen molar-refractivity contribution in [3.05, 3.63) is 71.0 Å². The van der Waals surface area contributed by atoms with E-state index in [4.69, 9.17) is 4.74 Å². The van der Waals surface area contributed by atoms with E-state index in [1.165, 1.54) is 24.8 Å². The molecule has 0 spiro atoms. The number of aryl methyl sites for hydroxylation is 1. The van der Waals surface area contributed by atoms with Gasteiger partial charge in [-0.1, -0.05) is 42.0 Å². The first kappa shape index (κ1) is 19.1. The molecule has 2 heterocycles. The van der Waals surface area contributed by atoms with Gasteiger partial charge in [-0.25, -0.2) is 9.07 Å². The van der Waals surface area contributed by atoms with Gasteiger partial charge in [0.25, 0.3) is 11.9 Å². The van der Waals surface area contributed by atoms with Crippen LogP contribution in [0, 0.1) is 12.7 Å². The van der Waals surface area contributed by atoms with Gasteiger partial charge in [-0.2, -0.15) is 4.98 Å². The second kappa shape index (κ2) is 8.00. The zero-order chi connectivity index (χ0) is 20.4. The number of benzene rings is 2. The van der Waals surface area contributed by atoms with Gasteiger partial charge in [0, 0.05) is 7.11 Å². The number of nitrogens with one attached hydrogen (secondary N) is 2. The number of hydrogen-bond acceptors (Lipinski definition) is 5. The summed E-state index contributed by atoms with van der Waals surface area (Å²) in [4.78, 5) is 16.3. The van der Waals surface area contributed by atoms with Crippen LogP contribution >= 0.6 is 0 Å². The lowest BCUT2D eigenvalue weighted by Crippen LogP contribution is -2.28. The number of fused-ring (bicyclic) bond motifs is 1. The maximum atomic E-state index is 13.4. The van der Waals surface area contributed by atoms with Crippen LogP contribution in [0.5, 0.6) is 0 Å². The molecule has 0 aliphatic carbocycles. The molecule has 2 N–H and O–H groups in total. The summed E-state index contributed by atoms with van der Waals surface area (Å²) in [6, 6.07) is 14.6. The van der Waals surface area contributed by atoms with Gasteiger partial charge in [0.2, 0.25) is 5.95 Å². The minimum Gasteiger partial charge on any atom is -0.375 e. The minimum absolute atomic E-state index is 0.00452. The van der Waals surface area contributed by atoms with E-state index >= 15 is 0 Å². The highest BCUT2D eigenvalue weighted by atomic mass is 19.1. The molecule has 0 saturated carbocycles. The third kappa shape index (κ3) is 4.12. The van der Waals surface area contributed by atoms with Crippen molar-refractivity contribution in [2.75, 3.05) is 24.4 Å². The summed E-state index contributed by atoms with van der Waals surface area (Å²) in [7, 11) is 1.45. The molecule has 29 heavy (non-hydrogen) atoms. The Hall–Kier alpha value is -3.26. The van der Waals surface area contributed by atoms with Crippen molar-refractivity contribution >= 4 is 17.8 Å². The topological polar surface area (TPSA) is 81.1 Å². The summed E-state index contributed by atoms with van der Waals surface area (Å²) in [6.07, 6.45) is 0.705. The Morgan fingerprint density at radius 2 is 1.90 bits per heavy atom. The third-order valence-corrected chi connectivity index (χ3v) is 4.95. The minimum atomic E-state index is -0.330. The van der Waals surface area contributed by atoms with Crippen LogP contribution in [-0.2, 0) is 9.53 Å². The molecule has 150 valence electrons. The summed E-state index contributed by atoms with van der Waals surface area (Å²) in [5.41, 5.74) is 3.24. The molecule has 0 bridgehead atoms. The Bertz CT molecular complexity index is 1000. The van der Waals surface area contributed by atoms with Crippen molar-refractivity contribution in [2.45, 2.75) is 25.4 Å². The molecule has 7 nitrogen and oxygen atoms in total. The van der Waals surface area contributed by atoms with Gasteiger partial charge in [0.05, 0.1) is 12.1 Å². The second-order valence-corrected chi connectivity index (χ2v) is 7.10. The van der Waals surface area contributed by atoms with Crippen molar-refractivity contribution in [1.82, 2.24) is 14.8 Å². The van der Waals surface area contributed by atoms with E-state index in [0.29, 0.717) is 12.4 Å². The van der Waals surface area contributed by atoms with Crippen molar-refractivity contribution < 1.29 is 13.9 Å². The van der Waals surface area contributed by atoms with Gasteiger partial charge in [-0.15, -0.1) is 5.10 Å². The van der Waals surface area contributed by atoms with E-state index in [9.17, 15) is 9.18 Å². The average Bonchev–Trinajstić information content (AvgIpc) is 3.11. The van der Waals surface area contributed by atoms with Crippen LogP contribution in [0.3, 0.4) is 0 Å². The van der Waals surface area contributed by atoms with Gasteiger partial charge in [-0.3, -0.25) is 10.1 Å². The molecule has 1 amide bonds. The monoisotopic (exact) mass is 395 g/mol. The van der Waals surface area contributed by atoms with Crippen LogP contribution in [0.1, 0.15) is 35.2 Å². The first-order valence-electron chi connectivity index (χ1n) is 9.37. The number of nitrogens with zero attached hydrogens (tertiary/aromatic N) is 3. The fraction of sp³-hybridized carbons (Fsp3) is 0.286. The summed E-state index contributed by atoms with van der Waals surface area (Å²) in [5, 5.41) is 10.5. The van der Waals surface area contributed by atoms with E-state index in [1.54, 1.807) is 16.8 Å². The third-order valence-electron chi connectivity index (χ3n) is 4.95. The molecule has 2 atom stereocenters. The molecule has 3 aromatic rings. The van der Waals surface area contributed by atoms with Gasteiger partial charge < -0.3 is 10.1 Å². The summed E-state index contributed by atoms with van der Waals surface area (Å²) in [6.45, 7) is 1.97. The van der Waals surface area contributed by atoms with Crippen molar-refractivity contribution in [2.24, 2.45) is 0 Å². The SMILES string of the molecule is COCC(=O)Nc1nc2n(n1)C(c1ccc(F)cc1)CC(c1ccc(C)cc1)N2. The van der Waals surface area contributed by atoms with Crippen molar-refractivity contribution in [1.29, 1.82) is 0 Å². The lowest BCUT2D eigenvalue weighted by atomic mass is 9.93. The van der Waals surface area contributed by atoms with Gasteiger partial charge in [0.15, 0.2) is 0 Å². The number of amides is 1. The van der Waals surface area contributed by atoms with Gasteiger partial charge in [0.1, 0.15) is 12.4 Å². The predicted molar refractivity (Wildman–Crippen MR) is 107 cm³/mol. The molecule has 8 heteroatoms. The standard InChI is InChI=1S/C21H22FN5O2/c1-13-3-5-14(6-4-13)17-11-18(15-7-9-16(22)10-8-15)27-21(23-17)25-20(26-27)24-19(28)12-29-2/h3-10,17-18H,11-12H2,1-2H3,(H2,23,24,25,26,28). The van der Waals surface area contributed by atoms with Crippen molar-refractivity contribution in [3.63, 3.8) is 0 Å². The summed E-state index contributed by atoms with van der Waals surface area (Å²) >= 11 is 0. The Kier molecular flexibility index (Phi) is 5.26. The molecule has 1 aliphatic rings. The van der Waals surface area contributed by atoms with Crippen LogP contribution in [0.2, 0.25) is 0 Å². The van der Waals surface area contributed by atoms with Crippen molar-refractivity contribution in [3.8, 4) is 0 Å². The Balaban J connectivity index is 1.69. The Labute approximate surface area is 167 Å². The number of rotatable bonds is 5. The summed E-state index contributed by atoms with van der Waals surface area (Å²) in [5.74, 6) is 0.128. The van der Waals surface area contributed by atoms with Crippen LogP contribution in [-0.4, -0.2) is 34.4 Å². The smallest absolute Gasteiger partial charge is 0.252 e. The number of anilines is 2. The molecular weight excluding hydrogens is 373 g/mol. The highest BCUT2D eigenvalue weighted by Gasteiger charge is 2.31. The highest BCUT2D eigenvalue weighted by Crippen LogP contribution is 2.38. The number of methoxy groups -OCH3 is 1. The molecule has 2 aromatic carbocycles. The lowest BCUT2D eigenvalue weighted by Gasteiger charge is -2.31. The fourth-order valence-corrected chi connectivity index (χ4v) is 3.50. The normalized spacial score (nSPS) is 18.0. The number of hydrogen-bond donors (Lipinski definition) is 2. The number of ether oxygens (including phenoxy) is 1. The van der Waals surface area contributed by atoms with Crippen LogP contribution in [0.4, 0.5) is 16.3 Å². The van der Waals surface area contributed by atoms with E-state index in [1.807, 2.05) is 6.92 Å². The zero-order valence-electron chi connectivity index (χ0n) is 16.2. The molecule has 1 aromatic heterocycles. The first-order chi connectivity index (χ1) is 14.0. The molecule has 0 saturated heterocycles. The Morgan fingerprint density at radius 1 is 1.21 bits per heavy atom. The van der Waals surface area contributed by atoms with Gasteiger partial charge in [-0.05, 0) is 36.6 Å². The van der Waals surface area contributed by atoms with Crippen LogP contribution in [0.25, 0.3) is 0 Å². The summed E-state index contributed by atoms with van der Waals surface area (Å²) < 4.78 is 20.0. The molecule has 4 rings (SSSR count). The maximum absolute atomic E-state index is 13.4. The lowest BCUT2D eigenvalue weighted by molar-refractivity contribution is -0.119. The predicted octanol–water partition coefficient (Wildman–Crippen LogP) is 3.46. The number of halogens is 1. The zero-order valence-corrected chi connectivity index (χ0v) is 16.2. The fourth-order valence-electron chi connectivity index (χ4n) is 3.50. The Morgan fingerprint density at radius 3 is 2.59 bits per heavy atom. The number of carbonyl (C=O) groups is 1. The van der Waals surface area contributed by atoms with E-state index in [-0.39, 0.29) is 36.4 Å². The molecule has 0 fully saturated rings. The van der Waals surface area contributed by atoms with E-state index < -0.39 is 0 Å². The molecule has 1 aliphatic heterocycles. The maximum Gasteiger partial charge on any atom is 0.252 e. The number of aromatic nitrogens is 3. The quantitative estimate of drug-likeness (QED) is 0.692. The molecule has 0 radical (unpaired) electrons. The van der Waals surface area contributed by atoms with E-state index in [0.717, 1.165) is 11.1 Å². The van der Waals surface area contributed by atoms with Crippen LogP contribution in [0.15, 0.2) is 48.5 Å². The molecule has 2 unspecified atom stereocenters. The largest absolute Gasteiger partial charge is 0.375 e. The van der Waals surface area contributed by atoms with E-state index in [2.05, 4.69) is 45.0 Å². The average molecular weight is 395 g/mol.